The second-order valence-corrected chi connectivity index (χ2v) is 7.46. The standard InChI is InChI=1S/C18H24N2S2/c1-3-13-11-15(5-7-17(13)19)21-9-10-22-16-6-8-18(20)14(4-2)12-16/h5-8,11-12H,3-4,9-10,19-20H2,1-2H3. The SMILES string of the molecule is CCc1cc(SCCSc2ccc(N)c(CC)c2)ccc1N. The summed E-state index contributed by atoms with van der Waals surface area (Å²) in [5, 5.41) is 0. The van der Waals surface area contributed by atoms with Gasteiger partial charge in [-0.1, -0.05) is 13.8 Å². The number of aryl methyl sites for hydroxylation is 2. The summed E-state index contributed by atoms with van der Waals surface area (Å²) < 4.78 is 0. The van der Waals surface area contributed by atoms with E-state index in [1.165, 1.54) is 20.9 Å². The summed E-state index contributed by atoms with van der Waals surface area (Å²) in [6.45, 7) is 4.28. The summed E-state index contributed by atoms with van der Waals surface area (Å²) >= 11 is 3.78. The highest BCUT2D eigenvalue weighted by Crippen LogP contribution is 2.27. The highest BCUT2D eigenvalue weighted by Gasteiger charge is 2.02. The second kappa shape index (κ2) is 8.39. The van der Waals surface area contributed by atoms with Gasteiger partial charge in [0.1, 0.15) is 0 Å². The molecule has 0 saturated heterocycles. The van der Waals surface area contributed by atoms with Gasteiger partial charge in [-0.15, -0.1) is 23.5 Å². The van der Waals surface area contributed by atoms with Crippen molar-refractivity contribution in [2.24, 2.45) is 0 Å². The Labute approximate surface area is 142 Å². The van der Waals surface area contributed by atoms with Crippen LogP contribution in [0.5, 0.6) is 0 Å². The first-order chi connectivity index (χ1) is 10.6. The molecule has 0 unspecified atom stereocenters. The molecule has 0 spiro atoms. The molecule has 0 aliphatic carbocycles. The van der Waals surface area contributed by atoms with Gasteiger partial charge in [-0.2, -0.15) is 0 Å². The van der Waals surface area contributed by atoms with Crippen molar-refractivity contribution in [2.75, 3.05) is 23.0 Å². The van der Waals surface area contributed by atoms with Gasteiger partial charge in [0.15, 0.2) is 0 Å². The van der Waals surface area contributed by atoms with Crippen molar-refractivity contribution in [3.05, 3.63) is 47.5 Å². The molecule has 0 saturated carbocycles. The van der Waals surface area contributed by atoms with Gasteiger partial charge in [0.25, 0.3) is 0 Å². The molecule has 0 atom stereocenters. The summed E-state index contributed by atoms with van der Waals surface area (Å²) in [7, 11) is 0. The third-order valence-electron chi connectivity index (χ3n) is 3.61. The van der Waals surface area contributed by atoms with Gasteiger partial charge >= 0.3 is 0 Å². The summed E-state index contributed by atoms with van der Waals surface area (Å²) in [4.78, 5) is 2.61. The van der Waals surface area contributed by atoms with E-state index < -0.39 is 0 Å². The Balaban J connectivity index is 1.84. The zero-order chi connectivity index (χ0) is 15.9. The number of rotatable bonds is 7. The van der Waals surface area contributed by atoms with E-state index in [-0.39, 0.29) is 0 Å². The van der Waals surface area contributed by atoms with Crippen LogP contribution >= 0.6 is 23.5 Å². The third-order valence-corrected chi connectivity index (χ3v) is 5.86. The number of anilines is 2. The van der Waals surface area contributed by atoms with Gasteiger partial charge in [0.05, 0.1) is 0 Å². The fourth-order valence-electron chi connectivity index (χ4n) is 2.28. The average Bonchev–Trinajstić information content (AvgIpc) is 2.54. The van der Waals surface area contributed by atoms with E-state index in [9.17, 15) is 0 Å². The van der Waals surface area contributed by atoms with Crippen molar-refractivity contribution < 1.29 is 0 Å². The van der Waals surface area contributed by atoms with E-state index in [1.54, 1.807) is 0 Å². The normalized spacial score (nSPS) is 10.8. The van der Waals surface area contributed by atoms with Crippen LogP contribution in [-0.4, -0.2) is 11.5 Å². The van der Waals surface area contributed by atoms with E-state index in [0.29, 0.717) is 0 Å². The molecule has 2 rings (SSSR count). The van der Waals surface area contributed by atoms with Gasteiger partial charge in [0.2, 0.25) is 0 Å². The minimum Gasteiger partial charge on any atom is -0.399 e. The van der Waals surface area contributed by atoms with Crippen molar-refractivity contribution in [3.8, 4) is 0 Å². The van der Waals surface area contributed by atoms with Gasteiger partial charge in [0, 0.05) is 32.7 Å². The molecule has 2 aromatic carbocycles. The van der Waals surface area contributed by atoms with Crippen LogP contribution in [0, 0.1) is 0 Å². The largest absolute Gasteiger partial charge is 0.399 e. The van der Waals surface area contributed by atoms with Crippen molar-refractivity contribution in [2.45, 2.75) is 36.5 Å². The Morgan fingerprint density at radius 3 is 1.50 bits per heavy atom. The highest BCUT2D eigenvalue weighted by atomic mass is 32.2. The van der Waals surface area contributed by atoms with Crippen molar-refractivity contribution in [3.63, 3.8) is 0 Å². The molecule has 4 N–H and O–H groups in total. The van der Waals surface area contributed by atoms with E-state index in [2.05, 4.69) is 38.1 Å². The van der Waals surface area contributed by atoms with Crippen LogP contribution in [0.25, 0.3) is 0 Å². The molecular formula is C18H24N2S2. The van der Waals surface area contributed by atoms with Gasteiger partial charge in [-0.05, 0) is 60.4 Å². The van der Waals surface area contributed by atoms with Gasteiger partial charge in [-0.25, -0.2) is 0 Å². The number of nitrogens with two attached hydrogens (primary N) is 2. The molecule has 22 heavy (non-hydrogen) atoms. The number of hydrogen-bond donors (Lipinski definition) is 2. The summed E-state index contributed by atoms with van der Waals surface area (Å²) in [6.07, 6.45) is 1.97. The molecule has 0 amide bonds. The van der Waals surface area contributed by atoms with Crippen molar-refractivity contribution in [1.29, 1.82) is 0 Å². The molecule has 0 aliphatic rings. The Bertz CT molecular complexity index is 571. The predicted octanol–water partition coefficient (Wildman–Crippen LogP) is 4.86. The summed E-state index contributed by atoms with van der Waals surface area (Å²) in [6, 6.07) is 12.7. The molecule has 118 valence electrons. The maximum atomic E-state index is 5.95. The Kier molecular flexibility index (Phi) is 6.52. The first kappa shape index (κ1) is 17.1. The third kappa shape index (κ3) is 4.62. The van der Waals surface area contributed by atoms with Crippen molar-refractivity contribution in [1.82, 2.24) is 0 Å². The van der Waals surface area contributed by atoms with Crippen LogP contribution < -0.4 is 11.5 Å². The topological polar surface area (TPSA) is 52.0 Å². The Morgan fingerprint density at radius 1 is 0.727 bits per heavy atom. The maximum Gasteiger partial charge on any atom is 0.0347 e. The molecular weight excluding hydrogens is 308 g/mol. The lowest BCUT2D eigenvalue weighted by molar-refractivity contribution is 1.13. The minimum absolute atomic E-state index is 0.898. The molecule has 2 aromatic rings. The Morgan fingerprint density at radius 2 is 1.14 bits per heavy atom. The molecule has 0 aromatic heterocycles. The lowest BCUT2D eigenvalue weighted by Gasteiger charge is -2.08. The van der Waals surface area contributed by atoms with E-state index in [4.69, 9.17) is 11.5 Å². The minimum atomic E-state index is 0.898. The molecule has 0 bridgehead atoms. The first-order valence-corrected chi connectivity index (χ1v) is 9.63. The smallest absolute Gasteiger partial charge is 0.0347 e. The monoisotopic (exact) mass is 332 g/mol. The van der Waals surface area contributed by atoms with Crippen LogP contribution in [0.1, 0.15) is 25.0 Å². The van der Waals surface area contributed by atoms with Crippen molar-refractivity contribution >= 4 is 34.9 Å². The summed E-state index contributed by atoms with van der Waals surface area (Å²) in [5.74, 6) is 2.17. The predicted molar refractivity (Wildman–Crippen MR) is 102 cm³/mol. The lowest BCUT2D eigenvalue weighted by atomic mass is 10.1. The van der Waals surface area contributed by atoms with Crippen LogP contribution in [0.3, 0.4) is 0 Å². The van der Waals surface area contributed by atoms with Gasteiger partial charge in [-0.3, -0.25) is 0 Å². The van der Waals surface area contributed by atoms with E-state index in [0.717, 1.165) is 35.7 Å². The summed E-state index contributed by atoms with van der Waals surface area (Å²) in [5.41, 5.74) is 16.2. The van der Waals surface area contributed by atoms with E-state index in [1.807, 2.05) is 35.7 Å². The molecule has 0 radical (unpaired) electrons. The number of thioether (sulfide) groups is 2. The van der Waals surface area contributed by atoms with E-state index >= 15 is 0 Å². The molecule has 4 heteroatoms. The van der Waals surface area contributed by atoms with Crippen LogP contribution in [0.2, 0.25) is 0 Å². The fraction of sp³-hybridized carbons (Fsp3) is 0.333. The first-order valence-electron chi connectivity index (χ1n) is 7.66. The molecule has 0 heterocycles. The second-order valence-electron chi connectivity index (χ2n) is 5.13. The number of nitrogen functional groups attached to an aromatic ring is 2. The highest BCUT2D eigenvalue weighted by molar-refractivity contribution is 8.03. The number of benzene rings is 2. The van der Waals surface area contributed by atoms with Crippen LogP contribution in [0.15, 0.2) is 46.2 Å². The average molecular weight is 333 g/mol. The molecule has 0 aliphatic heterocycles. The van der Waals surface area contributed by atoms with Gasteiger partial charge < -0.3 is 11.5 Å². The number of hydrogen-bond acceptors (Lipinski definition) is 4. The zero-order valence-corrected chi connectivity index (χ0v) is 14.9. The zero-order valence-electron chi connectivity index (χ0n) is 13.3. The molecule has 2 nitrogen and oxygen atoms in total. The van der Waals surface area contributed by atoms with Crippen LogP contribution in [0.4, 0.5) is 11.4 Å². The quantitative estimate of drug-likeness (QED) is 0.432. The molecule has 0 fully saturated rings. The maximum absolute atomic E-state index is 5.95. The van der Waals surface area contributed by atoms with Crippen LogP contribution in [-0.2, 0) is 12.8 Å². The fourth-order valence-corrected chi connectivity index (χ4v) is 4.19. The lowest BCUT2D eigenvalue weighted by Crippen LogP contribution is -1.94. The Hall–Kier alpha value is -1.26.